The molecule has 0 aliphatic carbocycles. The third-order valence-corrected chi connectivity index (χ3v) is 5.11. The van der Waals surface area contributed by atoms with Crippen molar-refractivity contribution in [2.24, 2.45) is 0 Å². The minimum atomic E-state index is -0.161. The Bertz CT molecular complexity index is 959. The minimum Gasteiger partial charge on any atom is -0.493 e. The van der Waals surface area contributed by atoms with Gasteiger partial charge in [-0.05, 0) is 42.5 Å². The Labute approximate surface area is 173 Å². The molecule has 1 aromatic heterocycles. The van der Waals surface area contributed by atoms with E-state index in [9.17, 15) is 4.79 Å². The summed E-state index contributed by atoms with van der Waals surface area (Å²) in [5.41, 5.74) is 1.96. The average molecular weight is 414 g/mol. The summed E-state index contributed by atoms with van der Waals surface area (Å²) in [6, 6.07) is 13.7. The first-order valence-corrected chi connectivity index (χ1v) is 10.0. The molecule has 0 atom stereocenters. The molecule has 152 valence electrons. The zero-order valence-electron chi connectivity index (χ0n) is 16.6. The van der Waals surface area contributed by atoms with Crippen molar-refractivity contribution in [3.8, 4) is 22.9 Å². The maximum absolute atomic E-state index is 12.1. The van der Waals surface area contributed by atoms with E-state index in [1.54, 1.807) is 38.1 Å². The summed E-state index contributed by atoms with van der Waals surface area (Å²) in [5, 5.41) is 15.1. The van der Waals surface area contributed by atoms with Crippen molar-refractivity contribution in [3.63, 3.8) is 0 Å². The van der Waals surface area contributed by atoms with Crippen molar-refractivity contribution >= 4 is 17.7 Å². The van der Waals surface area contributed by atoms with Gasteiger partial charge in [0.05, 0.1) is 14.2 Å². The number of ether oxygens (including phenoxy) is 2. The van der Waals surface area contributed by atoms with Crippen LogP contribution in [0.25, 0.3) is 11.4 Å². The lowest BCUT2D eigenvalue weighted by atomic mass is 10.2. The molecule has 1 amide bonds. The van der Waals surface area contributed by atoms with Crippen LogP contribution >= 0.6 is 11.8 Å². The normalized spacial score (nSPS) is 10.6. The predicted molar refractivity (Wildman–Crippen MR) is 111 cm³/mol. The number of aromatic nitrogens is 4. The van der Waals surface area contributed by atoms with Crippen molar-refractivity contribution in [2.75, 3.05) is 26.5 Å². The molecule has 3 rings (SSSR count). The minimum absolute atomic E-state index is 0.00941. The summed E-state index contributed by atoms with van der Waals surface area (Å²) in [6.07, 6.45) is 0. The van der Waals surface area contributed by atoms with E-state index in [0.717, 1.165) is 11.3 Å². The van der Waals surface area contributed by atoms with E-state index in [2.05, 4.69) is 51.9 Å². The van der Waals surface area contributed by atoms with Gasteiger partial charge in [-0.1, -0.05) is 17.7 Å². The van der Waals surface area contributed by atoms with Gasteiger partial charge in [0.1, 0.15) is 6.54 Å². The lowest BCUT2D eigenvalue weighted by Gasteiger charge is -2.07. The second-order valence-electron chi connectivity index (χ2n) is 6.22. The first-order chi connectivity index (χ1) is 14.1. The van der Waals surface area contributed by atoms with Crippen LogP contribution in [0.3, 0.4) is 0 Å². The van der Waals surface area contributed by atoms with Crippen molar-refractivity contribution in [2.45, 2.75) is 18.4 Å². The summed E-state index contributed by atoms with van der Waals surface area (Å²) in [4.78, 5) is 14.6. The number of aryl methyl sites for hydroxylation is 1. The molecule has 0 bridgehead atoms. The molecule has 2 aromatic carbocycles. The fourth-order valence-electron chi connectivity index (χ4n) is 2.58. The highest BCUT2D eigenvalue weighted by atomic mass is 32.2. The Kier molecular flexibility index (Phi) is 7.07. The third-order valence-electron chi connectivity index (χ3n) is 4.09. The Balaban J connectivity index is 1.49. The highest BCUT2D eigenvalue weighted by molar-refractivity contribution is 7.99. The number of tetrazole rings is 1. The molecule has 8 nitrogen and oxygen atoms in total. The SMILES string of the molecule is COc1ccc(-c2nnn(CC(=O)NCCSc3ccc(C)cc3)n2)cc1OC. The van der Waals surface area contributed by atoms with Gasteiger partial charge in [-0.2, -0.15) is 4.80 Å². The van der Waals surface area contributed by atoms with Gasteiger partial charge in [-0.3, -0.25) is 4.79 Å². The van der Waals surface area contributed by atoms with Crippen LogP contribution in [0.4, 0.5) is 0 Å². The third kappa shape index (κ3) is 5.71. The standard InChI is InChI=1S/C20H23N5O3S/c1-14-4-7-16(8-5-14)29-11-10-21-19(26)13-25-23-20(22-24-25)15-6-9-17(27-2)18(12-15)28-3/h4-9,12H,10-11,13H2,1-3H3,(H,21,26). The predicted octanol–water partition coefficient (Wildman–Crippen LogP) is 2.57. The van der Waals surface area contributed by atoms with Crippen molar-refractivity contribution in [3.05, 3.63) is 48.0 Å². The number of nitrogens with one attached hydrogen (secondary N) is 1. The fraction of sp³-hybridized carbons (Fsp3) is 0.300. The van der Waals surface area contributed by atoms with Crippen LogP contribution in [0.5, 0.6) is 11.5 Å². The number of carbonyl (C=O) groups is 1. The summed E-state index contributed by atoms with van der Waals surface area (Å²) in [7, 11) is 3.14. The van der Waals surface area contributed by atoms with Crippen molar-refractivity contribution in [1.82, 2.24) is 25.5 Å². The summed E-state index contributed by atoms with van der Waals surface area (Å²) >= 11 is 1.70. The van der Waals surface area contributed by atoms with E-state index >= 15 is 0 Å². The number of benzene rings is 2. The van der Waals surface area contributed by atoms with Crippen molar-refractivity contribution < 1.29 is 14.3 Å². The smallest absolute Gasteiger partial charge is 0.243 e. The molecule has 0 radical (unpaired) electrons. The number of nitrogens with zero attached hydrogens (tertiary/aromatic N) is 4. The van der Waals surface area contributed by atoms with Gasteiger partial charge in [-0.15, -0.1) is 22.0 Å². The van der Waals surface area contributed by atoms with Crippen LogP contribution in [-0.2, 0) is 11.3 Å². The Hall–Kier alpha value is -3.07. The molecule has 29 heavy (non-hydrogen) atoms. The number of carbonyl (C=O) groups excluding carboxylic acids is 1. The molecule has 1 heterocycles. The molecule has 0 spiro atoms. The van der Waals surface area contributed by atoms with Crippen LogP contribution < -0.4 is 14.8 Å². The van der Waals surface area contributed by atoms with Crippen molar-refractivity contribution in [1.29, 1.82) is 0 Å². The molecule has 0 saturated carbocycles. The molecule has 0 aliphatic heterocycles. The van der Waals surface area contributed by atoms with Crippen LogP contribution in [0.2, 0.25) is 0 Å². The van der Waals surface area contributed by atoms with Crippen LogP contribution in [-0.4, -0.2) is 52.6 Å². The van der Waals surface area contributed by atoms with Crippen LogP contribution in [0.1, 0.15) is 5.56 Å². The molecule has 0 aliphatic rings. The molecule has 3 aromatic rings. The highest BCUT2D eigenvalue weighted by Crippen LogP contribution is 2.30. The number of methoxy groups -OCH3 is 2. The Morgan fingerprint density at radius 1 is 1.10 bits per heavy atom. The number of amides is 1. The summed E-state index contributed by atoms with van der Waals surface area (Å²) in [6.45, 7) is 2.63. The Morgan fingerprint density at radius 2 is 1.86 bits per heavy atom. The van der Waals surface area contributed by atoms with Gasteiger partial charge in [0.15, 0.2) is 11.5 Å². The average Bonchev–Trinajstić information content (AvgIpc) is 3.20. The number of hydrogen-bond donors (Lipinski definition) is 1. The zero-order valence-corrected chi connectivity index (χ0v) is 17.4. The first-order valence-electron chi connectivity index (χ1n) is 9.05. The van der Waals surface area contributed by atoms with Gasteiger partial charge in [0.2, 0.25) is 11.7 Å². The monoisotopic (exact) mass is 413 g/mol. The molecular formula is C20H23N5O3S. The van der Waals surface area contributed by atoms with Crippen LogP contribution in [0.15, 0.2) is 47.4 Å². The van der Waals surface area contributed by atoms with Gasteiger partial charge in [0.25, 0.3) is 0 Å². The van der Waals surface area contributed by atoms with Gasteiger partial charge >= 0.3 is 0 Å². The molecule has 1 N–H and O–H groups in total. The maximum Gasteiger partial charge on any atom is 0.243 e. The molecule has 9 heteroatoms. The van der Waals surface area contributed by atoms with E-state index in [0.29, 0.717) is 23.9 Å². The lowest BCUT2D eigenvalue weighted by Crippen LogP contribution is -2.30. The number of hydrogen-bond acceptors (Lipinski definition) is 7. The van der Waals surface area contributed by atoms with E-state index in [1.807, 2.05) is 6.07 Å². The van der Waals surface area contributed by atoms with E-state index in [4.69, 9.17) is 9.47 Å². The van der Waals surface area contributed by atoms with Gasteiger partial charge in [-0.25, -0.2) is 0 Å². The zero-order chi connectivity index (χ0) is 20.6. The molecule has 0 saturated heterocycles. The van der Waals surface area contributed by atoms with E-state index in [1.165, 1.54) is 15.3 Å². The van der Waals surface area contributed by atoms with E-state index in [-0.39, 0.29) is 12.5 Å². The van der Waals surface area contributed by atoms with E-state index < -0.39 is 0 Å². The largest absolute Gasteiger partial charge is 0.493 e. The maximum atomic E-state index is 12.1. The Morgan fingerprint density at radius 3 is 2.59 bits per heavy atom. The van der Waals surface area contributed by atoms with Crippen LogP contribution in [0, 0.1) is 6.92 Å². The summed E-state index contributed by atoms with van der Waals surface area (Å²) < 4.78 is 10.5. The lowest BCUT2D eigenvalue weighted by molar-refractivity contribution is -0.121. The second-order valence-corrected chi connectivity index (χ2v) is 7.39. The highest BCUT2D eigenvalue weighted by Gasteiger charge is 2.12. The summed E-state index contributed by atoms with van der Waals surface area (Å²) in [5.74, 6) is 2.23. The van der Waals surface area contributed by atoms with Gasteiger partial charge < -0.3 is 14.8 Å². The second kappa shape index (κ2) is 9.92. The fourth-order valence-corrected chi connectivity index (χ4v) is 3.35. The first kappa shape index (κ1) is 20.7. The molecular weight excluding hydrogens is 390 g/mol. The quantitative estimate of drug-likeness (QED) is 0.426. The molecule has 0 fully saturated rings. The number of thioether (sulfide) groups is 1. The van der Waals surface area contributed by atoms with Gasteiger partial charge in [0, 0.05) is 22.8 Å². The topological polar surface area (TPSA) is 91.2 Å². The number of rotatable bonds is 9. The molecule has 0 unspecified atom stereocenters.